The molecule has 0 spiro atoms. The molecule has 0 aromatic carbocycles. The molecule has 0 aliphatic carbocycles. The van der Waals surface area contributed by atoms with Gasteiger partial charge in [-0.25, -0.2) is 0 Å². The monoisotopic (exact) mass is 319 g/mol. The third-order valence-corrected chi connectivity index (χ3v) is 2.47. The molecule has 2 rings (SSSR count). The normalized spacial score (nSPS) is 10.2. The fourth-order valence-electron chi connectivity index (χ4n) is 0.984. The van der Waals surface area contributed by atoms with Crippen molar-refractivity contribution in [3.63, 3.8) is 0 Å². The molecule has 0 amide bonds. The maximum absolute atomic E-state index is 5.80. The van der Waals surface area contributed by atoms with Gasteiger partial charge >= 0.3 is 0 Å². The largest absolute Gasteiger partial charge is 0.452 e. The quantitative estimate of drug-likeness (QED) is 0.845. The van der Waals surface area contributed by atoms with Crippen LogP contribution in [0.1, 0.15) is 0 Å². The predicted octanol–water partition coefficient (Wildman–Crippen LogP) is 3.73. The zero-order valence-corrected chi connectivity index (χ0v) is 10.8. The summed E-state index contributed by atoms with van der Waals surface area (Å²) in [6.45, 7) is 0. The average molecular weight is 321 g/mol. The Hall–Kier alpha value is -0.910. The van der Waals surface area contributed by atoms with Crippen LogP contribution in [-0.4, -0.2) is 15.2 Å². The van der Waals surface area contributed by atoms with Crippen molar-refractivity contribution in [2.75, 3.05) is 0 Å². The molecule has 82 valence electrons. The molecule has 2 heterocycles. The summed E-state index contributed by atoms with van der Waals surface area (Å²) < 4.78 is 6.26. The molecular formula is C9H4BrCl2N3O. The van der Waals surface area contributed by atoms with E-state index >= 15 is 0 Å². The van der Waals surface area contributed by atoms with Crippen molar-refractivity contribution in [3.05, 3.63) is 39.3 Å². The molecule has 7 heteroatoms. The summed E-state index contributed by atoms with van der Waals surface area (Å²) in [7, 11) is 0. The third-order valence-electron chi connectivity index (χ3n) is 1.59. The number of aromatic nitrogens is 3. The van der Waals surface area contributed by atoms with Crippen molar-refractivity contribution in [1.29, 1.82) is 0 Å². The Bertz CT molecular complexity index is 524. The van der Waals surface area contributed by atoms with Crippen molar-refractivity contribution in [1.82, 2.24) is 15.2 Å². The maximum atomic E-state index is 5.80. The van der Waals surface area contributed by atoms with Gasteiger partial charge in [0.15, 0.2) is 16.1 Å². The van der Waals surface area contributed by atoms with E-state index in [1.807, 2.05) is 0 Å². The number of halogens is 3. The minimum absolute atomic E-state index is 0.143. The van der Waals surface area contributed by atoms with Gasteiger partial charge in [0.1, 0.15) is 5.75 Å². The number of pyridine rings is 1. The van der Waals surface area contributed by atoms with Gasteiger partial charge < -0.3 is 4.74 Å². The fourth-order valence-corrected chi connectivity index (χ4v) is 1.60. The summed E-state index contributed by atoms with van der Waals surface area (Å²) in [6, 6.07) is 3.23. The summed E-state index contributed by atoms with van der Waals surface area (Å²) in [4.78, 5) is 3.95. The number of ether oxygens (including phenoxy) is 1. The number of hydrogen-bond acceptors (Lipinski definition) is 4. The van der Waals surface area contributed by atoms with Crippen molar-refractivity contribution in [2.45, 2.75) is 0 Å². The smallest absolute Gasteiger partial charge is 0.194 e. The lowest BCUT2D eigenvalue weighted by Crippen LogP contribution is -1.90. The van der Waals surface area contributed by atoms with Crippen LogP contribution in [0.15, 0.2) is 29.0 Å². The lowest BCUT2D eigenvalue weighted by atomic mass is 10.4. The van der Waals surface area contributed by atoms with Gasteiger partial charge in [0.2, 0.25) is 0 Å². The molecule has 0 bridgehead atoms. The Balaban J connectivity index is 2.30. The highest BCUT2D eigenvalue weighted by Gasteiger charge is 2.07. The predicted molar refractivity (Wildman–Crippen MR) is 64.1 cm³/mol. The third kappa shape index (κ3) is 2.81. The number of hydrogen-bond donors (Lipinski definition) is 0. The summed E-state index contributed by atoms with van der Waals surface area (Å²) >= 11 is 14.8. The first kappa shape index (κ1) is 11.6. The maximum Gasteiger partial charge on any atom is 0.194 e. The Morgan fingerprint density at radius 3 is 2.69 bits per heavy atom. The van der Waals surface area contributed by atoms with Crippen LogP contribution in [0.3, 0.4) is 0 Å². The molecule has 0 fully saturated rings. The zero-order valence-electron chi connectivity index (χ0n) is 7.69. The van der Waals surface area contributed by atoms with Crippen molar-refractivity contribution >= 4 is 39.1 Å². The summed E-state index contributed by atoms with van der Waals surface area (Å²) in [5.41, 5.74) is 0. The second-order valence-corrected chi connectivity index (χ2v) is 4.42. The van der Waals surface area contributed by atoms with Crippen molar-refractivity contribution < 1.29 is 4.74 Å². The fraction of sp³-hybridized carbons (Fsp3) is 0. The van der Waals surface area contributed by atoms with Crippen LogP contribution >= 0.6 is 39.1 Å². The number of nitrogens with zero attached hydrogens (tertiary/aromatic N) is 3. The van der Waals surface area contributed by atoms with E-state index < -0.39 is 0 Å². The molecule has 0 saturated heterocycles. The Kier molecular flexibility index (Phi) is 3.58. The first-order chi connectivity index (χ1) is 7.65. The van der Waals surface area contributed by atoms with Crippen LogP contribution in [0, 0.1) is 0 Å². The molecule has 4 nitrogen and oxygen atoms in total. The van der Waals surface area contributed by atoms with E-state index in [0.717, 1.165) is 4.47 Å². The topological polar surface area (TPSA) is 47.9 Å². The second kappa shape index (κ2) is 4.95. The molecule has 2 aromatic heterocycles. The highest BCUT2D eigenvalue weighted by molar-refractivity contribution is 9.10. The van der Waals surface area contributed by atoms with Gasteiger partial charge in [-0.05, 0) is 22.0 Å². The lowest BCUT2D eigenvalue weighted by molar-refractivity contribution is 0.476. The van der Waals surface area contributed by atoms with E-state index in [1.165, 1.54) is 6.07 Å². The standard InChI is InChI=1S/C9H4BrCl2N3O/c10-5-1-6(4-13-3-5)16-7-2-8(11)14-15-9(7)12/h1-4H. The van der Waals surface area contributed by atoms with Crippen LogP contribution < -0.4 is 4.74 Å². The highest BCUT2D eigenvalue weighted by atomic mass is 79.9. The number of rotatable bonds is 2. The summed E-state index contributed by atoms with van der Waals surface area (Å²) in [5, 5.41) is 7.55. The minimum Gasteiger partial charge on any atom is -0.452 e. The van der Waals surface area contributed by atoms with Crippen LogP contribution in [0.2, 0.25) is 10.3 Å². The molecule has 0 aliphatic rings. The van der Waals surface area contributed by atoms with Crippen LogP contribution in [0.5, 0.6) is 11.5 Å². The second-order valence-electron chi connectivity index (χ2n) is 2.76. The van der Waals surface area contributed by atoms with Gasteiger partial charge in [-0.15, -0.1) is 10.2 Å². The summed E-state index contributed by atoms with van der Waals surface area (Å²) in [5.74, 6) is 0.863. The van der Waals surface area contributed by atoms with Gasteiger partial charge in [-0.1, -0.05) is 23.2 Å². The Morgan fingerprint density at radius 1 is 1.12 bits per heavy atom. The van der Waals surface area contributed by atoms with E-state index in [0.29, 0.717) is 11.5 Å². The molecule has 0 N–H and O–H groups in total. The molecule has 0 saturated carbocycles. The molecule has 2 aromatic rings. The summed E-state index contributed by atoms with van der Waals surface area (Å²) in [6.07, 6.45) is 3.20. The van der Waals surface area contributed by atoms with Gasteiger partial charge in [0.25, 0.3) is 0 Å². The molecule has 0 aliphatic heterocycles. The van der Waals surface area contributed by atoms with E-state index in [9.17, 15) is 0 Å². The van der Waals surface area contributed by atoms with Crippen LogP contribution in [0.25, 0.3) is 0 Å². The SMILES string of the molecule is Clc1cc(Oc2cncc(Br)c2)c(Cl)nn1. The molecular weight excluding hydrogens is 317 g/mol. The van der Waals surface area contributed by atoms with Gasteiger partial charge in [0.05, 0.1) is 6.20 Å². The lowest BCUT2D eigenvalue weighted by Gasteiger charge is -2.06. The van der Waals surface area contributed by atoms with E-state index in [-0.39, 0.29) is 10.3 Å². The van der Waals surface area contributed by atoms with Crippen molar-refractivity contribution in [2.24, 2.45) is 0 Å². The van der Waals surface area contributed by atoms with Gasteiger partial charge in [0, 0.05) is 16.7 Å². The Labute approximate surface area is 110 Å². The first-order valence-corrected chi connectivity index (χ1v) is 5.67. The molecule has 0 unspecified atom stereocenters. The van der Waals surface area contributed by atoms with Crippen LogP contribution in [-0.2, 0) is 0 Å². The highest BCUT2D eigenvalue weighted by Crippen LogP contribution is 2.29. The molecule has 0 atom stereocenters. The van der Waals surface area contributed by atoms with E-state index in [1.54, 1.807) is 18.5 Å². The van der Waals surface area contributed by atoms with Gasteiger partial charge in [-0.3, -0.25) is 4.98 Å². The first-order valence-electron chi connectivity index (χ1n) is 4.12. The average Bonchev–Trinajstić information content (AvgIpc) is 2.24. The minimum atomic E-state index is 0.143. The zero-order chi connectivity index (χ0) is 11.5. The van der Waals surface area contributed by atoms with E-state index in [2.05, 4.69) is 31.1 Å². The molecule has 0 radical (unpaired) electrons. The molecule has 16 heavy (non-hydrogen) atoms. The van der Waals surface area contributed by atoms with Crippen LogP contribution in [0.4, 0.5) is 0 Å². The van der Waals surface area contributed by atoms with E-state index in [4.69, 9.17) is 27.9 Å². The van der Waals surface area contributed by atoms with Gasteiger partial charge in [-0.2, -0.15) is 0 Å². The Morgan fingerprint density at radius 2 is 1.94 bits per heavy atom. The van der Waals surface area contributed by atoms with Crippen molar-refractivity contribution in [3.8, 4) is 11.5 Å².